The van der Waals surface area contributed by atoms with E-state index in [1.807, 2.05) is 24.3 Å². The van der Waals surface area contributed by atoms with Crippen molar-refractivity contribution < 1.29 is 53.3 Å². The summed E-state index contributed by atoms with van der Waals surface area (Å²) in [4.78, 5) is 104. The van der Waals surface area contributed by atoms with Crippen LogP contribution < -0.4 is 20.8 Å². The number of rotatable bonds is 12. The van der Waals surface area contributed by atoms with E-state index in [0.717, 1.165) is 33.2 Å². The molecule has 1 saturated heterocycles. The average molecular weight is 824 g/mol. The lowest BCUT2D eigenvalue weighted by Gasteiger charge is -2.27. The van der Waals surface area contributed by atoms with Crippen LogP contribution >= 0.6 is 0 Å². The zero-order valence-corrected chi connectivity index (χ0v) is 32.2. The molecule has 1 aliphatic heterocycles. The van der Waals surface area contributed by atoms with Gasteiger partial charge in [-0.1, -0.05) is 60.7 Å². The Hall–Kier alpha value is -7.74. The van der Waals surface area contributed by atoms with Gasteiger partial charge in [-0.15, -0.1) is 9.46 Å². The number of pyridine rings is 2. The molecule has 0 atom stereocenters. The summed E-state index contributed by atoms with van der Waals surface area (Å²) in [5.74, 6) is -4.04. The summed E-state index contributed by atoms with van der Waals surface area (Å²) in [6.07, 6.45) is 2.53. The molecule has 0 bridgehead atoms. The average Bonchev–Trinajstić information content (AvgIpc) is 3.27. The van der Waals surface area contributed by atoms with Crippen molar-refractivity contribution >= 4 is 46.2 Å². The Morgan fingerprint density at radius 2 is 1.17 bits per heavy atom. The van der Waals surface area contributed by atoms with Gasteiger partial charge in [0.2, 0.25) is 0 Å². The van der Waals surface area contributed by atoms with Crippen LogP contribution in [0.15, 0.2) is 82.9 Å². The number of carbonyl (C=O) groups is 4. The Labute approximate surface area is 339 Å². The molecule has 0 aliphatic carbocycles. The number of nitrogens with zero attached hydrogens (tertiary/aromatic N) is 7. The van der Waals surface area contributed by atoms with Gasteiger partial charge in [-0.05, 0) is 25.0 Å². The zero-order valence-electron chi connectivity index (χ0n) is 32.2. The van der Waals surface area contributed by atoms with Crippen molar-refractivity contribution in [2.24, 2.45) is 0 Å². The monoisotopic (exact) mass is 823 g/mol. The summed E-state index contributed by atoms with van der Waals surface area (Å²) in [5.41, 5.74) is -2.37. The lowest BCUT2D eigenvalue weighted by molar-refractivity contribution is 0.0299. The molecule has 60 heavy (non-hydrogen) atoms. The van der Waals surface area contributed by atoms with Gasteiger partial charge in [0.1, 0.15) is 48.8 Å². The van der Waals surface area contributed by atoms with E-state index in [1.54, 1.807) is 50.2 Å². The fourth-order valence-electron chi connectivity index (χ4n) is 5.98. The maximum Gasteiger partial charge on any atom is 0.347 e. The number of morpholine rings is 1. The summed E-state index contributed by atoms with van der Waals surface area (Å²) >= 11 is 0. The van der Waals surface area contributed by atoms with Crippen molar-refractivity contribution in [3.63, 3.8) is 0 Å². The quantitative estimate of drug-likeness (QED) is 0.132. The molecule has 20 nitrogen and oxygen atoms in total. The van der Waals surface area contributed by atoms with Gasteiger partial charge < -0.3 is 39.0 Å². The Bertz CT molecular complexity index is 2670. The topological polar surface area (TPSA) is 254 Å². The van der Waals surface area contributed by atoms with E-state index >= 15 is 0 Å². The number of hydrogen-bond donors (Lipinski definition) is 2. The molecule has 1 amide bonds. The maximum atomic E-state index is 13.2. The minimum Gasteiger partial charge on any atom is -0.506 e. The van der Waals surface area contributed by atoms with Gasteiger partial charge in [-0.2, -0.15) is 0 Å². The number of ether oxygens (including phenoxy) is 3. The second kappa shape index (κ2) is 19.1. The van der Waals surface area contributed by atoms with E-state index < -0.39 is 51.6 Å². The molecule has 2 N–H and O–H groups in total. The summed E-state index contributed by atoms with van der Waals surface area (Å²) in [6.45, 7) is 4.44. The van der Waals surface area contributed by atoms with Gasteiger partial charge in [-0.3, -0.25) is 19.2 Å². The van der Waals surface area contributed by atoms with Crippen LogP contribution in [0.5, 0.6) is 11.5 Å². The van der Waals surface area contributed by atoms with Crippen molar-refractivity contribution in [3.8, 4) is 11.5 Å². The van der Waals surface area contributed by atoms with Gasteiger partial charge in [0.15, 0.2) is 28.7 Å². The van der Waals surface area contributed by atoms with Crippen molar-refractivity contribution in [2.45, 2.75) is 27.1 Å². The number of benzene rings is 2. The smallest absolute Gasteiger partial charge is 0.347 e. The maximum absolute atomic E-state index is 13.2. The van der Waals surface area contributed by atoms with E-state index in [0.29, 0.717) is 32.6 Å². The Morgan fingerprint density at radius 1 is 0.700 bits per heavy atom. The van der Waals surface area contributed by atoms with Crippen LogP contribution in [0.3, 0.4) is 0 Å². The van der Waals surface area contributed by atoms with E-state index in [9.17, 15) is 39.0 Å². The van der Waals surface area contributed by atoms with Crippen LogP contribution in [0.4, 0.5) is 0 Å². The number of aldehydes is 1. The van der Waals surface area contributed by atoms with Crippen LogP contribution in [0.2, 0.25) is 0 Å². The Balaban J connectivity index is 0.000000205. The summed E-state index contributed by atoms with van der Waals surface area (Å²) in [7, 11) is 0. The molecule has 2 aromatic carbocycles. The van der Waals surface area contributed by atoms with Gasteiger partial charge in [-0.25, -0.2) is 29.5 Å². The highest BCUT2D eigenvalue weighted by atomic mass is 16.7. The third kappa shape index (κ3) is 8.72. The number of amides is 1. The van der Waals surface area contributed by atoms with E-state index in [4.69, 9.17) is 23.9 Å². The predicted molar refractivity (Wildman–Crippen MR) is 208 cm³/mol. The normalized spacial score (nSPS) is 12.3. The highest BCUT2D eigenvalue weighted by molar-refractivity contribution is 6.09. The lowest BCUT2D eigenvalue weighted by Crippen LogP contribution is -2.41. The molecular weight excluding hydrogens is 786 g/mol. The molecule has 7 rings (SSSR count). The van der Waals surface area contributed by atoms with Crippen molar-refractivity contribution in [1.82, 2.24) is 34.3 Å². The van der Waals surface area contributed by atoms with Crippen LogP contribution in [0.25, 0.3) is 22.1 Å². The first kappa shape index (κ1) is 41.9. The number of hydrogen-bond acceptors (Lipinski definition) is 17. The largest absolute Gasteiger partial charge is 0.506 e. The zero-order chi connectivity index (χ0) is 42.8. The summed E-state index contributed by atoms with van der Waals surface area (Å²) < 4.78 is 16.6. The molecule has 20 heteroatoms. The summed E-state index contributed by atoms with van der Waals surface area (Å²) in [6, 6.07) is 18.0. The Kier molecular flexibility index (Phi) is 13.4. The minimum atomic E-state index is -1.05. The lowest BCUT2D eigenvalue weighted by atomic mass is 10.1. The molecule has 0 spiro atoms. The van der Waals surface area contributed by atoms with Crippen molar-refractivity contribution in [1.29, 1.82) is 0 Å². The first-order valence-electron chi connectivity index (χ1n) is 18.4. The number of aromatic hydroxyl groups is 2. The third-order valence-electron chi connectivity index (χ3n) is 8.79. The van der Waals surface area contributed by atoms with Gasteiger partial charge in [0.25, 0.3) is 5.91 Å². The standard InChI is InChI=1S/C22H22N4O7.C18H15N3O6/c1-2-32-22(30)16-18(27)15-17(21(29)25-8-10-31-11-9-25)23-13-24-19(15)26(20(16)28)33-12-14-6-4-3-5-7-14;1-2-26-18(25)14-15(23)13-12(8-22)19-10-20-16(13)21(17(14)24)27-9-11-6-4-3-5-7-11/h3-7,13,27H,2,8-12H2,1H3;3-8,10,23H,2,9H2,1H3. The second-order valence-corrected chi connectivity index (χ2v) is 12.5. The first-order valence-corrected chi connectivity index (χ1v) is 18.4. The molecule has 310 valence electrons. The van der Waals surface area contributed by atoms with E-state index in [-0.39, 0.29) is 59.9 Å². The summed E-state index contributed by atoms with van der Waals surface area (Å²) in [5, 5.41) is 21.0. The van der Waals surface area contributed by atoms with Gasteiger partial charge >= 0.3 is 23.1 Å². The molecule has 6 aromatic rings. The number of aromatic nitrogens is 6. The Morgan fingerprint density at radius 3 is 1.65 bits per heavy atom. The molecular formula is C40H37N7O13. The van der Waals surface area contributed by atoms with Crippen LogP contribution in [-0.4, -0.2) is 108 Å². The number of esters is 2. The highest BCUT2D eigenvalue weighted by Gasteiger charge is 2.31. The molecule has 5 heterocycles. The fourth-order valence-corrected chi connectivity index (χ4v) is 5.98. The van der Waals surface area contributed by atoms with Crippen LogP contribution in [-0.2, 0) is 27.4 Å². The van der Waals surface area contributed by atoms with Gasteiger partial charge in [0.05, 0.1) is 37.2 Å². The number of carbonyl (C=O) groups excluding carboxylic acids is 4. The van der Waals surface area contributed by atoms with E-state index in [1.165, 1.54) is 4.90 Å². The predicted octanol–water partition coefficient (Wildman–Crippen LogP) is 1.89. The molecule has 4 aromatic heterocycles. The van der Waals surface area contributed by atoms with Gasteiger partial charge in [0, 0.05) is 13.1 Å². The van der Waals surface area contributed by atoms with Crippen molar-refractivity contribution in [3.05, 3.63) is 128 Å². The molecule has 0 saturated carbocycles. The third-order valence-corrected chi connectivity index (χ3v) is 8.79. The second-order valence-electron chi connectivity index (χ2n) is 12.5. The molecule has 1 fully saturated rings. The number of fused-ring (bicyclic) bond motifs is 2. The van der Waals surface area contributed by atoms with E-state index in [2.05, 4.69) is 19.9 Å². The SMILES string of the molecule is CCOC(=O)c1c(O)c2c(C(=O)N3CCOCC3)ncnc2n(OCc2ccccc2)c1=O.CCOC(=O)c1c(O)c2c(C=O)ncnc2n(OCc2ccccc2)c1=O. The fraction of sp³-hybridized carbons (Fsp3) is 0.250. The molecule has 0 radical (unpaired) electrons. The highest BCUT2D eigenvalue weighted by Crippen LogP contribution is 2.29. The van der Waals surface area contributed by atoms with Crippen LogP contribution in [0.1, 0.15) is 66.7 Å². The first-order chi connectivity index (χ1) is 29.1. The minimum absolute atomic E-state index is 0.00749. The van der Waals surface area contributed by atoms with Crippen LogP contribution in [0, 0.1) is 0 Å². The van der Waals surface area contributed by atoms with Crippen molar-refractivity contribution in [2.75, 3.05) is 39.5 Å². The molecule has 1 aliphatic rings. The molecule has 0 unspecified atom stereocenters.